The number of amides is 4. The van der Waals surface area contributed by atoms with E-state index in [1.54, 1.807) is 43.7 Å². The van der Waals surface area contributed by atoms with E-state index in [0.717, 1.165) is 48.6 Å². The van der Waals surface area contributed by atoms with Crippen molar-refractivity contribution in [1.29, 1.82) is 0 Å². The molecule has 0 saturated carbocycles. The summed E-state index contributed by atoms with van der Waals surface area (Å²) < 4.78 is 17.3. The minimum Gasteiger partial charge on any atom is -0.448 e. The topological polar surface area (TPSA) is 157 Å². The smallest absolute Gasteiger partial charge is 0.409 e. The summed E-state index contributed by atoms with van der Waals surface area (Å²) in [6, 6.07) is 26.7. The second-order valence-corrected chi connectivity index (χ2v) is 20.1. The Bertz CT molecular complexity index is 2110. The Labute approximate surface area is 441 Å². The van der Waals surface area contributed by atoms with Crippen LogP contribution in [0.2, 0.25) is 0 Å². The van der Waals surface area contributed by atoms with Gasteiger partial charge in [-0.05, 0) is 60.3 Å². The van der Waals surface area contributed by atoms with Crippen molar-refractivity contribution in [2.24, 2.45) is 23.5 Å². The number of likely N-dealkylation sites (N-methyl/N-ethyl adjacent to an activating group) is 1. The highest BCUT2D eigenvalue weighted by molar-refractivity contribution is 7.80. The van der Waals surface area contributed by atoms with Crippen LogP contribution in [0.5, 0.6) is 0 Å². The van der Waals surface area contributed by atoms with Gasteiger partial charge >= 0.3 is 6.09 Å². The maximum Gasteiger partial charge on any atom is 0.409 e. The molecule has 0 radical (unpaired) electrons. The molecule has 13 nitrogen and oxygen atoms in total. The third kappa shape index (κ3) is 19.0. The lowest BCUT2D eigenvalue weighted by molar-refractivity contribution is -0.138. The van der Waals surface area contributed by atoms with Crippen molar-refractivity contribution in [3.05, 3.63) is 112 Å². The van der Waals surface area contributed by atoms with E-state index in [1.165, 1.54) is 34.2 Å². The zero-order valence-electron chi connectivity index (χ0n) is 45.4. The molecule has 4 amide bonds. The molecule has 6 rings (SSSR count). The quantitative estimate of drug-likeness (QED) is 0.0684. The fourth-order valence-electron chi connectivity index (χ4n) is 9.27. The van der Waals surface area contributed by atoms with E-state index >= 15 is 0 Å². The zero-order chi connectivity index (χ0) is 53.8. The number of ether oxygens (including phenoxy) is 3. The van der Waals surface area contributed by atoms with Gasteiger partial charge in [0.05, 0.1) is 35.8 Å². The van der Waals surface area contributed by atoms with Crippen molar-refractivity contribution in [3.8, 4) is 11.1 Å². The zero-order valence-corrected chi connectivity index (χ0v) is 47.0. The normalized spacial score (nSPS) is 15.8. The molecule has 3 N–H and O–H groups in total. The Morgan fingerprint density at radius 2 is 1.46 bits per heavy atom. The number of nitrogens with two attached hydrogens (primary N) is 1. The van der Waals surface area contributed by atoms with Crippen LogP contribution < -0.4 is 11.1 Å². The standard InChI is InChI=1S/C32H46N2O4.C14H21N3O2S2.C7H8.C3H8.CH3NO/c1-9-22(5)31(29(10-2)37-8)34(7)30(35)19-28(21(3)4)33(6)32(36)38-20-27-25-17-13-11-15-23(25)24-16-12-14-18-26(24)27;1-10(14(20)16-8-12-15-5-7-21-12)13(19-2)11-4-3-6-17(11)9-18;1-7-5-3-2-4-6-7;1-3-2;2-1-3/h11-18,21-22,27-29,31H,9-10,19-20H2,1-8H3;5,7,9-11,13H,3-4,6,8H2,1-2H3,(H,16,20);2-6H,1H3;3H2,1-2H3;1H,(H2,2,3). The van der Waals surface area contributed by atoms with E-state index in [0.29, 0.717) is 12.5 Å². The van der Waals surface area contributed by atoms with Gasteiger partial charge in [0, 0.05) is 70.7 Å². The number of thiazole rings is 1. The molecule has 7 atom stereocenters. The molecular formula is C57H86N6O7S2. The van der Waals surface area contributed by atoms with Crippen molar-refractivity contribution in [3.63, 3.8) is 0 Å². The van der Waals surface area contributed by atoms with E-state index in [9.17, 15) is 14.4 Å². The van der Waals surface area contributed by atoms with E-state index in [-0.39, 0.29) is 73.4 Å². The lowest BCUT2D eigenvalue weighted by Crippen LogP contribution is -2.51. The molecule has 398 valence electrons. The highest BCUT2D eigenvalue weighted by atomic mass is 32.1. The number of benzene rings is 3. The molecule has 1 fully saturated rings. The summed E-state index contributed by atoms with van der Waals surface area (Å²) in [6.07, 6.45) is 7.71. The Hall–Kier alpha value is -5.22. The second kappa shape index (κ2) is 34.2. The van der Waals surface area contributed by atoms with Crippen LogP contribution in [0.3, 0.4) is 0 Å². The molecular weight excluding hydrogens is 945 g/mol. The lowest BCUT2D eigenvalue weighted by Gasteiger charge is -2.39. The van der Waals surface area contributed by atoms with Crippen LogP contribution >= 0.6 is 23.6 Å². The van der Waals surface area contributed by atoms with Crippen molar-refractivity contribution in [2.75, 3.05) is 41.5 Å². The van der Waals surface area contributed by atoms with Gasteiger partial charge in [0.15, 0.2) is 0 Å². The van der Waals surface area contributed by atoms with Crippen molar-refractivity contribution in [1.82, 2.24) is 25.0 Å². The van der Waals surface area contributed by atoms with Gasteiger partial charge in [0.2, 0.25) is 18.7 Å². The molecule has 1 aliphatic carbocycles. The van der Waals surface area contributed by atoms with Gasteiger partial charge in [-0.3, -0.25) is 14.4 Å². The SMILES string of the molecule is CCC.CCC(C)C(C(CC)OC)N(C)C(=O)CC(C(C)C)N(C)C(=O)OCC1c2ccccc2-c2ccccc21.COC(C(C)C(=S)NCc1nccs1)C1CCCN1C=O.Cc1ccccc1.NC=O. The number of carbonyl (C=O) groups excluding carboxylic acids is 4. The highest BCUT2D eigenvalue weighted by Crippen LogP contribution is 2.44. The van der Waals surface area contributed by atoms with Crippen LogP contribution in [0.4, 0.5) is 4.79 Å². The van der Waals surface area contributed by atoms with Crippen LogP contribution in [0, 0.1) is 24.7 Å². The van der Waals surface area contributed by atoms with Crippen molar-refractivity contribution in [2.45, 2.75) is 144 Å². The predicted octanol–water partition coefficient (Wildman–Crippen LogP) is 10.9. The van der Waals surface area contributed by atoms with Crippen LogP contribution in [-0.2, 0) is 35.1 Å². The molecule has 0 spiro atoms. The molecule has 1 saturated heterocycles. The number of nitrogens with zero attached hydrogens (tertiary/aromatic N) is 4. The molecule has 72 heavy (non-hydrogen) atoms. The summed E-state index contributed by atoms with van der Waals surface area (Å²) in [7, 11) is 7.01. The highest BCUT2D eigenvalue weighted by Gasteiger charge is 2.37. The number of carbonyl (C=O) groups is 4. The van der Waals surface area contributed by atoms with E-state index in [1.807, 2.05) is 85.5 Å². The second-order valence-electron chi connectivity index (χ2n) is 18.7. The molecule has 7 unspecified atom stereocenters. The molecule has 1 aromatic heterocycles. The number of aryl methyl sites for hydroxylation is 1. The first kappa shape index (κ1) is 62.9. The minimum absolute atomic E-state index is 0.00123. The number of methoxy groups -OCH3 is 2. The number of fused-ring (bicyclic) bond motifs is 3. The number of aromatic nitrogens is 1. The molecule has 2 heterocycles. The maximum absolute atomic E-state index is 13.5. The Morgan fingerprint density at radius 1 is 0.889 bits per heavy atom. The molecule has 2 aliphatic rings. The number of primary amides is 1. The van der Waals surface area contributed by atoms with Crippen LogP contribution in [0.25, 0.3) is 11.1 Å². The number of hydrogen-bond donors (Lipinski definition) is 2. The number of nitrogens with one attached hydrogen (secondary N) is 1. The first-order valence-corrected chi connectivity index (χ1v) is 26.8. The van der Waals surface area contributed by atoms with Gasteiger partial charge in [-0.2, -0.15) is 0 Å². The average molecular weight is 1030 g/mol. The third-order valence-corrected chi connectivity index (χ3v) is 14.6. The Morgan fingerprint density at radius 3 is 1.92 bits per heavy atom. The Balaban J connectivity index is 0.000000432. The van der Waals surface area contributed by atoms with E-state index in [4.69, 9.17) is 31.2 Å². The summed E-state index contributed by atoms with van der Waals surface area (Å²) in [6.45, 7) is 20.6. The average Bonchev–Trinajstić information content (AvgIpc) is 4.16. The van der Waals surface area contributed by atoms with Crippen molar-refractivity contribution >= 4 is 53.4 Å². The first-order valence-electron chi connectivity index (χ1n) is 25.5. The van der Waals surface area contributed by atoms with Gasteiger partial charge in [-0.25, -0.2) is 9.78 Å². The number of rotatable bonds is 19. The summed E-state index contributed by atoms with van der Waals surface area (Å²) in [4.78, 5) is 56.8. The van der Waals surface area contributed by atoms with Gasteiger partial charge < -0.3 is 40.0 Å². The minimum atomic E-state index is -0.400. The molecule has 15 heteroatoms. The summed E-state index contributed by atoms with van der Waals surface area (Å²) in [5, 5.41) is 6.20. The fraction of sp³-hybridized carbons (Fsp3) is 0.544. The fourth-order valence-corrected chi connectivity index (χ4v) is 10.0. The Kier molecular flexibility index (Phi) is 29.9. The number of likely N-dealkylation sites (tertiary alicyclic amines) is 1. The molecule has 1 aliphatic heterocycles. The van der Waals surface area contributed by atoms with Gasteiger partial charge in [0.25, 0.3) is 0 Å². The molecule has 4 aromatic rings. The first-order chi connectivity index (χ1) is 34.5. The predicted molar refractivity (Wildman–Crippen MR) is 298 cm³/mol. The largest absolute Gasteiger partial charge is 0.448 e. The van der Waals surface area contributed by atoms with Crippen LogP contribution in [0.1, 0.15) is 122 Å². The number of hydrogen-bond acceptors (Lipinski definition) is 10. The van der Waals surface area contributed by atoms with Gasteiger partial charge in [-0.15, -0.1) is 11.3 Å². The van der Waals surface area contributed by atoms with E-state index < -0.39 is 6.09 Å². The van der Waals surface area contributed by atoms with E-state index in [2.05, 4.69) is 94.0 Å². The van der Waals surface area contributed by atoms with Crippen molar-refractivity contribution < 1.29 is 33.4 Å². The van der Waals surface area contributed by atoms with Gasteiger partial charge in [0.1, 0.15) is 11.6 Å². The van der Waals surface area contributed by atoms with Crippen LogP contribution in [0.15, 0.2) is 90.4 Å². The monoisotopic (exact) mass is 1030 g/mol. The number of thiocarbonyl (C=S) groups is 1. The lowest BCUT2D eigenvalue weighted by atomic mass is 9.90. The summed E-state index contributed by atoms with van der Waals surface area (Å²) >= 11 is 7.08. The maximum atomic E-state index is 13.5. The summed E-state index contributed by atoms with van der Waals surface area (Å²) in [5.74, 6) is 0.454. The third-order valence-electron chi connectivity index (χ3n) is 13.3. The van der Waals surface area contributed by atoms with Gasteiger partial charge in [-0.1, -0.05) is 165 Å². The van der Waals surface area contributed by atoms with Crippen LogP contribution in [-0.4, -0.2) is 121 Å². The summed E-state index contributed by atoms with van der Waals surface area (Å²) in [5.41, 5.74) is 10.2. The molecule has 3 aromatic carbocycles. The molecule has 0 bridgehead atoms.